The lowest BCUT2D eigenvalue weighted by Gasteiger charge is -2.14. The molecule has 0 radical (unpaired) electrons. The largest absolute Gasteiger partial charge is 0.355 e. The summed E-state index contributed by atoms with van der Waals surface area (Å²) in [6.45, 7) is 3.83. The predicted molar refractivity (Wildman–Crippen MR) is 99.3 cm³/mol. The number of carbonyl (C=O) groups excluding carboxylic acids is 2. The van der Waals surface area contributed by atoms with Crippen molar-refractivity contribution < 1.29 is 18.0 Å². The monoisotopic (exact) mass is 375 g/mol. The van der Waals surface area contributed by atoms with Crippen molar-refractivity contribution >= 4 is 27.5 Å². The fourth-order valence-electron chi connectivity index (χ4n) is 2.21. The number of nitrogens with one attached hydrogen (secondary N) is 3. The van der Waals surface area contributed by atoms with Gasteiger partial charge in [0, 0.05) is 17.8 Å². The van der Waals surface area contributed by atoms with Gasteiger partial charge in [0.2, 0.25) is 5.91 Å². The zero-order chi connectivity index (χ0) is 19.2. The molecule has 2 amide bonds. The number of sulfonamides is 1. The second-order valence-corrected chi connectivity index (χ2v) is 7.27. The fraction of sp³-hybridized carbons (Fsp3) is 0.222. The van der Waals surface area contributed by atoms with Crippen LogP contribution < -0.4 is 15.4 Å². The van der Waals surface area contributed by atoms with Gasteiger partial charge in [-0.25, -0.2) is 8.42 Å². The van der Waals surface area contributed by atoms with Crippen molar-refractivity contribution in [2.24, 2.45) is 0 Å². The van der Waals surface area contributed by atoms with Crippen LogP contribution >= 0.6 is 0 Å². The van der Waals surface area contributed by atoms with Crippen LogP contribution in [0.4, 0.5) is 5.69 Å². The Labute approximate surface area is 152 Å². The van der Waals surface area contributed by atoms with Crippen molar-refractivity contribution in [2.75, 3.05) is 11.3 Å². The van der Waals surface area contributed by atoms with Crippen LogP contribution in [0.2, 0.25) is 0 Å². The van der Waals surface area contributed by atoms with Gasteiger partial charge < -0.3 is 10.6 Å². The van der Waals surface area contributed by atoms with Crippen molar-refractivity contribution in [2.45, 2.75) is 24.8 Å². The van der Waals surface area contributed by atoms with Crippen LogP contribution in [0, 0.1) is 0 Å². The molecule has 138 valence electrons. The van der Waals surface area contributed by atoms with Crippen LogP contribution in [0.3, 0.4) is 0 Å². The number of carbonyl (C=O) groups is 2. The lowest BCUT2D eigenvalue weighted by molar-refractivity contribution is -0.122. The Morgan fingerprint density at radius 1 is 1.04 bits per heavy atom. The molecular weight excluding hydrogens is 354 g/mol. The van der Waals surface area contributed by atoms with Crippen molar-refractivity contribution in [1.29, 1.82) is 0 Å². The van der Waals surface area contributed by atoms with Crippen molar-refractivity contribution in [1.82, 2.24) is 10.6 Å². The van der Waals surface area contributed by atoms with Gasteiger partial charge in [-0.1, -0.05) is 24.3 Å². The van der Waals surface area contributed by atoms with Gasteiger partial charge in [0.05, 0.1) is 4.90 Å². The quantitative estimate of drug-likeness (QED) is 0.686. The second-order valence-electron chi connectivity index (χ2n) is 5.59. The van der Waals surface area contributed by atoms with Crippen LogP contribution in [0.5, 0.6) is 0 Å². The van der Waals surface area contributed by atoms with Crippen LogP contribution in [-0.2, 0) is 14.8 Å². The number of likely N-dealkylation sites (N-methyl/N-ethyl adjacent to an activating group) is 1. The highest BCUT2D eigenvalue weighted by Crippen LogP contribution is 2.17. The SMILES string of the molecule is CCNC(=O)[C@@H](C)NC(=O)c1cccc(NS(=O)(=O)c2ccccc2)c1. The Kier molecular flexibility index (Phi) is 6.35. The van der Waals surface area contributed by atoms with Crippen LogP contribution in [0.1, 0.15) is 24.2 Å². The van der Waals surface area contributed by atoms with E-state index in [9.17, 15) is 18.0 Å². The van der Waals surface area contributed by atoms with Crippen LogP contribution in [0.25, 0.3) is 0 Å². The highest BCUT2D eigenvalue weighted by atomic mass is 32.2. The summed E-state index contributed by atoms with van der Waals surface area (Å²) in [4.78, 5) is 24.1. The first kappa shape index (κ1) is 19.5. The van der Waals surface area contributed by atoms with Crippen LogP contribution in [0.15, 0.2) is 59.5 Å². The van der Waals surface area contributed by atoms with Gasteiger partial charge in [0.1, 0.15) is 6.04 Å². The van der Waals surface area contributed by atoms with Crippen molar-refractivity contribution in [3.8, 4) is 0 Å². The van der Waals surface area contributed by atoms with E-state index >= 15 is 0 Å². The number of hydrogen-bond acceptors (Lipinski definition) is 4. The molecule has 0 aliphatic heterocycles. The van der Waals surface area contributed by atoms with Gasteiger partial charge in [-0.15, -0.1) is 0 Å². The molecule has 0 saturated carbocycles. The summed E-state index contributed by atoms with van der Waals surface area (Å²) in [5, 5.41) is 5.19. The van der Waals surface area contributed by atoms with E-state index in [2.05, 4.69) is 15.4 Å². The fourth-order valence-corrected chi connectivity index (χ4v) is 3.28. The third-order valence-electron chi connectivity index (χ3n) is 3.52. The van der Waals surface area contributed by atoms with E-state index in [1.807, 2.05) is 0 Å². The van der Waals surface area contributed by atoms with E-state index in [0.717, 1.165) is 0 Å². The first-order valence-electron chi connectivity index (χ1n) is 8.10. The normalized spacial score (nSPS) is 12.1. The summed E-state index contributed by atoms with van der Waals surface area (Å²) >= 11 is 0. The molecule has 0 fully saturated rings. The minimum absolute atomic E-state index is 0.125. The summed E-state index contributed by atoms with van der Waals surface area (Å²) < 4.78 is 27.2. The minimum atomic E-state index is -3.75. The maximum absolute atomic E-state index is 12.4. The number of hydrogen-bond donors (Lipinski definition) is 3. The Balaban J connectivity index is 2.13. The molecule has 2 aromatic rings. The zero-order valence-corrected chi connectivity index (χ0v) is 15.3. The molecule has 2 rings (SSSR count). The first-order chi connectivity index (χ1) is 12.3. The topological polar surface area (TPSA) is 104 Å². The summed E-state index contributed by atoms with van der Waals surface area (Å²) in [5.74, 6) is -0.758. The highest BCUT2D eigenvalue weighted by Gasteiger charge is 2.17. The van der Waals surface area contributed by atoms with Gasteiger partial charge in [-0.05, 0) is 44.2 Å². The molecule has 0 bridgehead atoms. The van der Waals surface area contributed by atoms with E-state index in [1.54, 1.807) is 50.2 Å². The Morgan fingerprint density at radius 2 is 1.73 bits per heavy atom. The predicted octanol–water partition coefficient (Wildman–Crippen LogP) is 1.74. The molecule has 8 heteroatoms. The van der Waals surface area contributed by atoms with E-state index in [4.69, 9.17) is 0 Å². The van der Waals surface area contributed by atoms with Crippen LogP contribution in [-0.4, -0.2) is 32.8 Å². The van der Waals surface area contributed by atoms with Gasteiger partial charge in [-0.3, -0.25) is 14.3 Å². The maximum atomic E-state index is 12.4. The molecule has 0 saturated heterocycles. The van der Waals surface area contributed by atoms with Gasteiger partial charge in [0.25, 0.3) is 15.9 Å². The Bertz CT molecular complexity index is 882. The van der Waals surface area contributed by atoms with E-state index in [1.165, 1.54) is 18.2 Å². The zero-order valence-electron chi connectivity index (χ0n) is 14.5. The van der Waals surface area contributed by atoms with Gasteiger partial charge in [0.15, 0.2) is 0 Å². The molecular formula is C18H21N3O4S. The molecule has 0 unspecified atom stereocenters. The molecule has 0 aliphatic carbocycles. The van der Waals surface area contributed by atoms with E-state index < -0.39 is 22.0 Å². The first-order valence-corrected chi connectivity index (χ1v) is 9.58. The summed E-state index contributed by atoms with van der Waals surface area (Å²) in [6, 6.07) is 13.3. The standard InChI is InChI=1S/C18H21N3O4S/c1-3-19-17(22)13(2)20-18(23)14-8-7-9-15(12-14)21-26(24,25)16-10-5-4-6-11-16/h4-13,21H,3H2,1-2H3,(H,19,22)(H,20,23)/t13-/m1/s1. The minimum Gasteiger partial charge on any atom is -0.355 e. The third-order valence-corrected chi connectivity index (χ3v) is 4.92. The lowest BCUT2D eigenvalue weighted by atomic mass is 10.2. The smallest absolute Gasteiger partial charge is 0.261 e. The third kappa shape index (κ3) is 5.06. The summed E-state index contributed by atoms with van der Waals surface area (Å²) in [6.07, 6.45) is 0. The number of benzene rings is 2. The van der Waals surface area contributed by atoms with E-state index in [-0.39, 0.29) is 22.1 Å². The Morgan fingerprint density at radius 3 is 2.38 bits per heavy atom. The number of amides is 2. The molecule has 1 atom stereocenters. The molecule has 2 aromatic carbocycles. The molecule has 0 aliphatic rings. The molecule has 0 aromatic heterocycles. The lowest BCUT2D eigenvalue weighted by Crippen LogP contribution is -2.44. The van der Waals surface area contributed by atoms with E-state index in [0.29, 0.717) is 6.54 Å². The molecule has 26 heavy (non-hydrogen) atoms. The number of anilines is 1. The summed E-state index contributed by atoms with van der Waals surface area (Å²) in [7, 11) is -3.75. The highest BCUT2D eigenvalue weighted by molar-refractivity contribution is 7.92. The number of rotatable bonds is 7. The second kappa shape index (κ2) is 8.48. The molecule has 0 spiro atoms. The van der Waals surface area contributed by atoms with Crippen molar-refractivity contribution in [3.63, 3.8) is 0 Å². The van der Waals surface area contributed by atoms with Crippen molar-refractivity contribution in [3.05, 3.63) is 60.2 Å². The molecule has 7 nitrogen and oxygen atoms in total. The average Bonchev–Trinajstić information content (AvgIpc) is 2.62. The van der Waals surface area contributed by atoms with Gasteiger partial charge >= 0.3 is 0 Å². The Hall–Kier alpha value is -2.87. The molecule has 0 heterocycles. The van der Waals surface area contributed by atoms with Gasteiger partial charge in [-0.2, -0.15) is 0 Å². The maximum Gasteiger partial charge on any atom is 0.261 e. The average molecular weight is 375 g/mol. The summed E-state index contributed by atoms with van der Waals surface area (Å²) in [5.41, 5.74) is 0.501. The molecule has 3 N–H and O–H groups in total.